The quantitative estimate of drug-likeness (QED) is 0.109. The number of esters is 2. The van der Waals surface area contributed by atoms with E-state index in [4.69, 9.17) is 9.47 Å². The van der Waals surface area contributed by atoms with Gasteiger partial charge in [0, 0.05) is 0 Å². The lowest BCUT2D eigenvalue weighted by atomic mass is 10.1. The molecule has 0 spiro atoms. The Morgan fingerprint density at radius 3 is 1.27 bits per heavy atom. The van der Waals surface area contributed by atoms with Gasteiger partial charge in [-0.1, -0.05) is 129 Å². The molecule has 0 aliphatic carbocycles. The van der Waals surface area contributed by atoms with Crippen molar-refractivity contribution in [3.05, 3.63) is 0 Å². The minimum atomic E-state index is -1.42. The highest BCUT2D eigenvalue weighted by molar-refractivity contribution is 5.81. The second kappa shape index (κ2) is 25.5. The van der Waals surface area contributed by atoms with Crippen LogP contribution in [0.15, 0.2) is 0 Å². The highest BCUT2D eigenvalue weighted by Crippen LogP contribution is 2.12. The molecule has 5 nitrogen and oxygen atoms in total. The summed E-state index contributed by atoms with van der Waals surface area (Å²) >= 11 is 0. The molecule has 0 aromatic rings. The van der Waals surface area contributed by atoms with Crippen molar-refractivity contribution >= 4 is 11.9 Å². The Labute approximate surface area is 204 Å². The summed E-state index contributed by atoms with van der Waals surface area (Å²) in [6.07, 6.45) is 22.6. The number of aliphatic hydroxyl groups is 1. The SMILES string of the molecule is CCCCCCCCCCCCOC(=O)CC(O)C(=O)OCCCCCCCCCCCC. The van der Waals surface area contributed by atoms with Gasteiger partial charge in [-0.2, -0.15) is 0 Å². The van der Waals surface area contributed by atoms with E-state index in [1.54, 1.807) is 0 Å². The standard InChI is InChI=1S/C28H54O5/c1-3-5-7-9-11-13-15-17-19-21-23-32-27(30)25-26(29)28(31)33-24-22-20-18-16-14-12-10-8-6-4-2/h26,29H,3-25H2,1-2H3. The highest BCUT2D eigenvalue weighted by Gasteiger charge is 2.21. The van der Waals surface area contributed by atoms with Crippen molar-refractivity contribution in [3.63, 3.8) is 0 Å². The van der Waals surface area contributed by atoms with E-state index in [1.165, 1.54) is 96.3 Å². The molecule has 1 unspecified atom stereocenters. The van der Waals surface area contributed by atoms with Gasteiger partial charge >= 0.3 is 11.9 Å². The van der Waals surface area contributed by atoms with Crippen LogP contribution in [-0.4, -0.2) is 36.4 Å². The average molecular weight is 471 g/mol. The van der Waals surface area contributed by atoms with E-state index in [0.29, 0.717) is 13.2 Å². The molecule has 1 N–H and O–H groups in total. The third kappa shape index (κ3) is 23.8. The zero-order valence-electron chi connectivity index (χ0n) is 21.9. The van der Waals surface area contributed by atoms with Crippen LogP contribution in [0.2, 0.25) is 0 Å². The summed E-state index contributed by atoms with van der Waals surface area (Å²) in [5, 5.41) is 9.85. The molecule has 5 heteroatoms. The van der Waals surface area contributed by atoms with Crippen LogP contribution in [0.3, 0.4) is 0 Å². The molecule has 0 amide bonds. The molecule has 0 saturated heterocycles. The Balaban J connectivity index is 3.46. The van der Waals surface area contributed by atoms with E-state index >= 15 is 0 Å². The van der Waals surface area contributed by atoms with E-state index in [9.17, 15) is 14.7 Å². The van der Waals surface area contributed by atoms with Crippen LogP contribution in [0.5, 0.6) is 0 Å². The molecule has 33 heavy (non-hydrogen) atoms. The first kappa shape index (κ1) is 31.9. The lowest BCUT2D eigenvalue weighted by Crippen LogP contribution is -2.27. The summed E-state index contributed by atoms with van der Waals surface area (Å²) in [7, 11) is 0. The molecular formula is C28H54O5. The number of hydrogen-bond acceptors (Lipinski definition) is 5. The van der Waals surface area contributed by atoms with Crippen molar-refractivity contribution in [2.45, 2.75) is 155 Å². The number of rotatable bonds is 25. The smallest absolute Gasteiger partial charge is 0.335 e. The largest absolute Gasteiger partial charge is 0.466 e. The van der Waals surface area contributed by atoms with E-state index < -0.39 is 18.0 Å². The van der Waals surface area contributed by atoms with Gasteiger partial charge in [-0.3, -0.25) is 4.79 Å². The van der Waals surface area contributed by atoms with Gasteiger partial charge in [-0.15, -0.1) is 0 Å². The topological polar surface area (TPSA) is 72.8 Å². The maximum atomic E-state index is 11.8. The number of hydrogen-bond donors (Lipinski definition) is 1. The molecule has 0 saturated carbocycles. The van der Waals surface area contributed by atoms with Crippen LogP contribution < -0.4 is 0 Å². The molecule has 0 radical (unpaired) electrons. The zero-order chi connectivity index (χ0) is 24.4. The fourth-order valence-electron chi connectivity index (χ4n) is 3.93. The molecule has 0 bridgehead atoms. The third-order valence-electron chi connectivity index (χ3n) is 6.14. The minimum Gasteiger partial charge on any atom is -0.466 e. The summed E-state index contributed by atoms with van der Waals surface area (Å²) in [6.45, 7) is 5.13. The maximum Gasteiger partial charge on any atom is 0.335 e. The number of aliphatic hydroxyl groups excluding tert-OH is 1. The number of carbonyl (C=O) groups is 2. The Morgan fingerprint density at radius 1 is 0.545 bits per heavy atom. The highest BCUT2D eigenvalue weighted by atomic mass is 16.6. The molecular weight excluding hydrogens is 416 g/mol. The summed E-state index contributed by atoms with van der Waals surface area (Å²) < 4.78 is 10.2. The molecule has 0 aliphatic rings. The molecule has 196 valence electrons. The van der Waals surface area contributed by atoms with E-state index in [2.05, 4.69) is 13.8 Å². The van der Waals surface area contributed by atoms with Gasteiger partial charge < -0.3 is 14.6 Å². The fraction of sp³-hybridized carbons (Fsp3) is 0.929. The van der Waals surface area contributed by atoms with Crippen LogP contribution >= 0.6 is 0 Å². The van der Waals surface area contributed by atoms with Gasteiger partial charge in [-0.25, -0.2) is 4.79 Å². The number of carbonyl (C=O) groups excluding carboxylic acids is 2. The summed E-state index contributed by atoms with van der Waals surface area (Å²) in [4.78, 5) is 23.6. The number of unbranched alkanes of at least 4 members (excludes halogenated alkanes) is 18. The zero-order valence-corrected chi connectivity index (χ0v) is 21.9. The summed E-state index contributed by atoms with van der Waals surface area (Å²) in [5.41, 5.74) is 0. The first-order valence-corrected chi connectivity index (χ1v) is 14.1. The summed E-state index contributed by atoms with van der Waals surface area (Å²) in [6, 6.07) is 0. The van der Waals surface area contributed by atoms with Crippen molar-refractivity contribution < 1.29 is 24.2 Å². The minimum absolute atomic E-state index is 0.306. The van der Waals surface area contributed by atoms with Crippen molar-refractivity contribution in [1.29, 1.82) is 0 Å². The molecule has 0 rings (SSSR count). The second-order valence-corrected chi connectivity index (χ2v) is 9.47. The van der Waals surface area contributed by atoms with Crippen molar-refractivity contribution in [3.8, 4) is 0 Å². The third-order valence-corrected chi connectivity index (χ3v) is 6.14. The second-order valence-electron chi connectivity index (χ2n) is 9.47. The summed E-state index contributed by atoms with van der Waals surface area (Å²) in [5.74, 6) is -1.25. The molecule has 0 aromatic heterocycles. The fourth-order valence-corrected chi connectivity index (χ4v) is 3.93. The van der Waals surface area contributed by atoms with E-state index in [-0.39, 0.29) is 6.42 Å². The molecule has 0 heterocycles. The van der Waals surface area contributed by atoms with Crippen LogP contribution in [0.1, 0.15) is 149 Å². The van der Waals surface area contributed by atoms with Crippen molar-refractivity contribution in [2.75, 3.05) is 13.2 Å². The maximum absolute atomic E-state index is 11.8. The van der Waals surface area contributed by atoms with Gasteiger partial charge in [0.25, 0.3) is 0 Å². The Bertz CT molecular complexity index is 438. The predicted octanol–water partition coefficient (Wildman–Crippen LogP) is 7.67. The van der Waals surface area contributed by atoms with E-state index in [1.807, 2.05) is 0 Å². The van der Waals surface area contributed by atoms with Crippen LogP contribution in [-0.2, 0) is 19.1 Å². The first-order valence-electron chi connectivity index (χ1n) is 14.1. The van der Waals surface area contributed by atoms with Gasteiger partial charge in [0.15, 0.2) is 6.10 Å². The average Bonchev–Trinajstić information content (AvgIpc) is 2.80. The lowest BCUT2D eigenvalue weighted by Gasteiger charge is -2.11. The van der Waals surface area contributed by atoms with Crippen LogP contribution in [0.4, 0.5) is 0 Å². The van der Waals surface area contributed by atoms with Gasteiger partial charge in [0.2, 0.25) is 0 Å². The Hall–Kier alpha value is -1.10. The Morgan fingerprint density at radius 2 is 0.879 bits per heavy atom. The Kier molecular flexibility index (Phi) is 24.7. The van der Waals surface area contributed by atoms with Gasteiger partial charge in [0.05, 0.1) is 19.6 Å². The molecule has 0 fully saturated rings. The normalized spacial score (nSPS) is 12.0. The van der Waals surface area contributed by atoms with Crippen molar-refractivity contribution in [1.82, 2.24) is 0 Å². The first-order chi connectivity index (χ1) is 16.1. The monoisotopic (exact) mass is 470 g/mol. The van der Waals surface area contributed by atoms with Gasteiger partial charge in [0.1, 0.15) is 0 Å². The molecule has 0 aromatic carbocycles. The van der Waals surface area contributed by atoms with E-state index in [0.717, 1.165) is 32.1 Å². The number of ether oxygens (including phenoxy) is 2. The molecule has 0 aliphatic heterocycles. The molecule has 1 atom stereocenters. The van der Waals surface area contributed by atoms with Gasteiger partial charge in [-0.05, 0) is 12.8 Å². The lowest BCUT2D eigenvalue weighted by molar-refractivity contribution is -0.160. The van der Waals surface area contributed by atoms with Crippen molar-refractivity contribution in [2.24, 2.45) is 0 Å². The predicted molar refractivity (Wildman–Crippen MR) is 136 cm³/mol. The van der Waals surface area contributed by atoms with Crippen LogP contribution in [0.25, 0.3) is 0 Å². The van der Waals surface area contributed by atoms with Crippen LogP contribution in [0, 0.1) is 0 Å².